The molecule has 5 rings (SSSR count). The highest BCUT2D eigenvalue weighted by molar-refractivity contribution is 6.30. The molecule has 3 aliphatic rings. The number of carbonyl (C=O) groups excluding carboxylic acids is 1. The van der Waals surface area contributed by atoms with E-state index in [1.165, 1.54) is 6.33 Å². The molecule has 1 unspecified atom stereocenters. The van der Waals surface area contributed by atoms with E-state index in [9.17, 15) is 15.0 Å². The van der Waals surface area contributed by atoms with Crippen LogP contribution in [0.3, 0.4) is 0 Å². The molecule has 4 atom stereocenters. The average molecular weight is 558 g/mol. The van der Waals surface area contributed by atoms with Crippen LogP contribution in [0, 0.1) is 5.92 Å². The van der Waals surface area contributed by atoms with Crippen molar-refractivity contribution in [1.29, 1.82) is 0 Å². The third-order valence-electron chi connectivity index (χ3n) is 8.61. The third-order valence-corrected chi connectivity index (χ3v) is 8.86. The Kier molecular flexibility index (Phi) is 9.35. The molecule has 0 radical (unpaired) electrons. The summed E-state index contributed by atoms with van der Waals surface area (Å²) >= 11 is 6.15. The van der Waals surface area contributed by atoms with Crippen molar-refractivity contribution < 1.29 is 19.7 Å². The number of amides is 1. The predicted molar refractivity (Wildman–Crippen MR) is 150 cm³/mol. The number of nitrogens with one attached hydrogen (secondary N) is 1. The highest BCUT2D eigenvalue weighted by Crippen LogP contribution is 2.42. The van der Waals surface area contributed by atoms with Gasteiger partial charge in [0.2, 0.25) is 5.91 Å². The van der Waals surface area contributed by atoms with E-state index < -0.39 is 6.10 Å². The van der Waals surface area contributed by atoms with E-state index in [1.807, 2.05) is 29.2 Å². The minimum Gasteiger partial charge on any atom is -0.395 e. The van der Waals surface area contributed by atoms with Crippen molar-refractivity contribution in [1.82, 2.24) is 20.2 Å². The molecule has 39 heavy (non-hydrogen) atoms. The first-order valence-electron chi connectivity index (χ1n) is 14.2. The Hall–Kier alpha value is -2.30. The highest BCUT2D eigenvalue weighted by atomic mass is 35.5. The molecule has 2 saturated heterocycles. The first kappa shape index (κ1) is 28.2. The van der Waals surface area contributed by atoms with Crippen molar-refractivity contribution in [3.05, 3.63) is 52.4 Å². The van der Waals surface area contributed by atoms with Crippen LogP contribution in [0.15, 0.2) is 30.6 Å². The number of nitrogens with zero attached hydrogens (tertiary/aromatic N) is 4. The van der Waals surface area contributed by atoms with E-state index in [-0.39, 0.29) is 30.4 Å². The Bertz CT molecular complexity index is 1110. The fraction of sp³-hybridized carbons (Fsp3) is 0.621. The Balaban J connectivity index is 1.24. The predicted octanol–water partition coefficient (Wildman–Crippen LogP) is 2.87. The second-order valence-electron chi connectivity index (χ2n) is 11.0. The maximum absolute atomic E-state index is 13.9. The van der Waals surface area contributed by atoms with E-state index in [2.05, 4.69) is 27.1 Å². The normalized spacial score (nSPS) is 23.5. The van der Waals surface area contributed by atoms with Crippen LogP contribution in [0.25, 0.3) is 0 Å². The summed E-state index contributed by atoms with van der Waals surface area (Å²) in [5.74, 6) is 1.29. The molecular formula is C29H40ClN5O4. The molecular weight excluding hydrogens is 518 g/mol. The molecule has 1 aromatic carbocycles. The minimum atomic E-state index is -0.537. The zero-order valence-corrected chi connectivity index (χ0v) is 23.4. The number of hydrogen-bond donors (Lipinski definition) is 3. The van der Waals surface area contributed by atoms with E-state index in [4.69, 9.17) is 16.3 Å². The summed E-state index contributed by atoms with van der Waals surface area (Å²) < 4.78 is 5.48. The number of anilines is 1. The van der Waals surface area contributed by atoms with E-state index in [1.54, 1.807) is 0 Å². The van der Waals surface area contributed by atoms with Gasteiger partial charge in [-0.3, -0.25) is 4.79 Å². The molecule has 2 fully saturated rings. The number of piperazine rings is 1. The number of ether oxygens (including phenoxy) is 1. The maximum Gasteiger partial charge on any atom is 0.230 e. The van der Waals surface area contributed by atoms with Crippen LogP contribution in [-0.2, 0) is 9.53 Å². The quantitative estimate of drug-likeness (QED) is 0.432. The number of fused-ring (bicyclic) bond motifs is 1. The van der Waals surface area contributed by atoms with Crippen molar-refractivity contribution in [2.75, 3.05) is 57.4 Å². The molecule has 3 N–H and O–H groups in total. The van der Waals surface area contributed by atoms with Gasteiger partial charge in [-0.1, -0.05) is 30.7 Å². The molecule has 9 nitrogen and oxygen atoms in total. The first-order chi connectivity index (χ1) is 19.0. The summed E-state index contributed by atoms with van der Waals surface area (Å²) in [6, 6.07) is 7.58. The number of benzene rings is 1. The number of aromatic nitrogens is 2. The van der Waals surface area contributed by atoms with Gasteiger partial charge in [0.15, 0.2) is 0 Å². The van der Waals surface area contributed by atoms with Crippen molar-refractivity contribution >= 4 is 23.3 Å². The Morgan fingerprint density at radius 1 is 1.15 bits per heavy atom. The van der Waals surface area contributed by atoms with Crippen LogP contribution in [0.1, 0.15) is 67.4 Å². The van der Waals surface area contributed by atoms with Gasteiger partial charge < -0.3 is 30.1 Å². The van der Waals surface area contributed by atoms with Crippen molar-refractivity contribution in [2.45, 2.75) is 56.6 Å². The molecule has 212 valence electrons. The van der Waals surface area contributed by atoms with Gasteiger partial charge >= 0.3 is 0 Å². The Morgan fingerprint density at radius 3 is 2.56 bits per heavy atom. The second kappa shape index (κ2) is 12.9. The lowest BCUT2D eigenvalue weighted by Crippen LogP contribution is -2.51. The Morgan fingerprint density at radius 2 is 1.87 bits per heavy atom. The van der Waals surface area contributed by atoms with Crippen LogP contribution >= 0.6 is 11.6 Å². The van der Waals surface area contributed by atoms with Gasteiger partial charge in [0.1, 0.15) is 12.1 Å². The van der Waals surface area contributed by atoms with Gasteiger partial charge in [-0.05, 0) is 61.8 Å². The number of rotatable bonds is 9. The monoisotopic (exact) mass is 557 g/mol. The first-order valence-corrected chi connectivity index (χ1v) is 14.6. The topological polar surface area (TPSA) is 111 Å². The molecule has 0 bridgehead atoms. The van der Waals surface area contributed by atoms with Gasteiger partial charge in [-0.15, -0.1) is 0 Å². The zero-order valence-electron chi connectivity index (χ0n) is 22.6. The molecule has 0 spiro atoms. The smallest absolute Gasteiger partial charge is 0.230 e. The second-order valence-corrected chi connectivity index (χ2v) is 11.5. The van der Waals surface area contributed by atoms with E-state index >= 15 is 0 Å². The molecule has 0 saturated carbocycles. The number of aliphatic hydroxyl groups excluding tert-OH is 2. The maximum atomic E-state index is 13.9. The molecule has 3 heterocycles. The summed E-state index contributed by atoms with van der Waals surface area (Å²) in [6.07, 6.45) is 4.18. The van der Waals surface area contributed by atoms with Gasteiger partial charge in [0, 0.05) is 56.0 Å². The van der Waals surface area contributed by atoms with Gasteiger partial charge in [0.25, 0.3) is 0 Å². The van der Waals surface area contributed by atoms with Crippen LogP contribution < -0.4 is 10.2 Å². The number of hydrogen-bond acceptors (Lipinski definition) is 8. The molecule has 1 aliphatic carbocycles. The lowest BCUT2D eigenvalue weighted by atomic mass is 9.91. The zero-order chi connectivity index (χ0) is 27.4. The molecule has 2 aliphatic heterocycles. The fourth-order valence-corrected chi connectivity index (χ4v) is 6.48. The number of carbonyl (C=O) groups is 1. The molecule has 1 aromatic heterocycles. The van der Waals surface area contributed by atoms with E-state index in [0.717, 1.165) is 48.7 Å². The van der Waals surface area contributed by atoms with Crippen LogP contribution in [0.2, 0.25) is 5.02 Å². The number of halogens is 1. The highest BCUT2D eigenvalue weighted by Gasteiger charge is 2.35. The SMILES string of the molecule is C[C@@H]1C[C@@H](O)c2ncnc(N3CCN(C(=O)[C@H](CCNC(CO)C4CCOCC4)c4ccc(Cl)cc4)CC3)c21. The molecule has 1 amide bonds. The average Bonchev–Trinajstić information content (AvgIpc) is 3.27. The fourth-order valence-electron chi connectivity index (χ4n) is 6.35. The van der Waals surface area contributed by atoms with Crippen LogP contribution in [0.5, 0.6) is 0 Å². The Labute approximate surface area is 235 Å². The summed E-state index contributed by atoms with van der Waals surface area (Å²) in [5, 5.41) is 24.5. The summed E-state index contributed by atoms with van der Waals surface area (Å²) in [4.78, 5) is 27.0. The van der Waals surface area contributed by atoms with Gasteiger partial charge in [0.05, 0.1) is 24.3 Å². The summed E-state index contributed by atoms with van der Waals surface area (Å²) in [7, 11) is 0. The summed E-state index contributed by atoms with van der Waals surface area (Å²) in [6.45, 7) is 6.86. The number of aliphatic hydroxyl groups is 2. The van der Waals surface area contributed by atoms with E-state index in [0.29, 0.717) is 56.5 Å². The lowest BCUT2D eigenvalue weighted by Gasteiger charge is -2.38. The standard InChI is InChI=1S/C29H40ClN5O4/c1-19-16-25(37)27-26(19)28(33-18-32-27)34-10-12-35(13-11-34)29(38)23(20-2-4-22(30)5-3-20)6-9-31-24(17-36)21-7-14-39-15-8-21/h2-5,18-19,21,23-25,31,36-37H,6-17H2,1H3/t19-,23-,24?,25-/m1/s1. The largest absolute Gasteiger partial charge is 0.395 e. The van der Waals surface area contributed by atoms with Crippen molar-refractivity contribution in [2.24, 2.45) is 5.92 Å². The van der Waals surface area contributed by atoms with Crippen molar-refractivity contribution in [3.8, 4) is 0 Å². The van der Waals surface area contributed by atoms with Crippen molar-refractivity contribution in [3.63, 3.8) is 0 Å². The molecule has 2 aromatic rings. The van der Waals surface area contributed by atoms with Crippen LogP contribution in [0.4, 0.5) is 5.82 Å². The lowest BCUT2D eigenvalue weighted by molar-refractivity contribution is -0.133. The van der Waals surface area contributed by atoms with Gasteiger partial charge in [-0.2, -0.15) is 0 Å². The minimum absolute atomic E-state index is 0.00825. The molecule has 10 heteroatoms. The summed E-state index contributed by atoms with van der Waals surface area (Å²) in [5.41, 5.74) is 2.73. The van der Waals surface area contributed by atoms with Crippen LogP contribution in [-0.4, -0.2) is 89.6 Å². The third kappa shape index (κ3) is 6.38. The van der Waals surface area contributed by atoms with Gasteiger partial charge in [-0.25, -0.2) is 9.97 Å².